The Kier molecular flexibility index (Phi) is 3.75. The van der Waals surface area contributed by atoms with Crippen LogP contribution in [0.25, 0.3) is 11.4 Å². The van der Waals surface area contributed by atoms with E-state index < -0.39 is 0 Å². The molecule has 0 N–H and O–H groups in total. The highest BCUT2D eigenvalue weighted by molar-refractivity contribution is 5.75. The number of fused-ring (bicyclic) bond motifs is 3. The van der Waals surface area contributed by atoms with Crippen molar-refractivity contribution >= 4 is 0 Å². The van der Waals surface area contributed by atoms with Gasteiger partial charge in [-0.15, -0.1) is 0 Å². The SMILES string of the molecule is c1cncc(CC2(Cc3ccncc3)c3cccnc3-c3ncccc32)c1. The lowest BCUT2D eigenvalue weighted by Crippen LogP contribution is -2.31. The number of hydrogen-bond acceptors (Lipinski definition) is 4. The van der Waals surface area contributed by atoms with E-state index in [1.54, 1.807) is 0 Å². The van der Waals surface area contributed by atoms with Gasteiger partial charge in [0.05, 0.1) is 11.4 Å². The lowest BCUT2D eigenvalue weighted by molar-refractivity contribution is 0.517. The van der Waals surface area contributed by atoms with E-state index in [-0.39, 0.29) is 5.41 Å². The first-order valence-electron chi connectivity index (χ1n) is 9.06. The predicted molar refractivity (Wildman–Crippen MR) is 104 cm³/mol. The minimum Gasteiger partial charge on any atom is -0.265 e. The molecule has 1 aliphatic rings. The van der Waals surface area contributed by atoms with Crippen molar-refractivity contribution in [2.24, 2.45) is 0 Å². The highest BCUT2D eigenvalue weighted by Gasteiger charge is 2.44. The van der Waals surface area contributed by atoms with E-state index in [0.717, 1.165) is 24.2 Å². The Morgan fingerprint density at radius 1 is 0.593 bits per heavy atom. The fourth-order valence-corrected chi connectivity index (χ4v) is 4.25. The van der Waals surface area contributed by atoms with Crippen LogP contribution in [0.4, 0.5) is 0 Å². The summed E-state index contributed by atoms with van der Waals surface area (Å²) in [6, 6.07) is 16.8. The van der Waals surface area contributed by atoms with Crippen molar-refractivity contribution < 1.29 is 0 Å². The van der Waals surface area contributed by atoms with Crippen LogP contribution in [0.5, 0.6) is 0 Å². The van der Waals surface area contributed by atoms with E-state index >= 15 is 0 Å². The Hall–Kier alpha value is -3.40. The van der Waals surface area contributed by atoms with Crippen LogP contribution in [-0.4, -0.2) is 19.9 Å². The van der Waals surface area contributed by atoms with Crippen LogP contribution in [0.1, 0.15) is 22.3 Å². The van der Waals surface area contributed by atoms with E-state index in [0.29, 0.717) is 0 Å². The van der Waals surface area contributed by atoms with Crippen LogP contribution in [-0.2, 0) is 18.3 Å². The molecule has 0 radical (unpaired) electrons. The predicted octanol–water partition coefficient (Wildman–Crippen LogP) is 4.02. The molecule has 4 heteroatoms. The summed E-state index contributed by atoms with van der Waals surface area (Å²) >= 11 is 0. The van der Waals surface area contributed by atoms with Crippen LogP contribution in [0.15, 0.2) is 85.7 Å². The first-order valence-corrected chi connectivity index (χ1v) is 9.06. The third-order valence-electron chi connectivity index (χ3n) is 5.35. The number of aromatic nitrogens is 4. The maximum Gasteiger partial charge on any atom is 0.0930 e. The van der Waals surface area contributed by atoms with Gasteiger partial charge in [-0.25, -0.2) is 0 Å². The minimum atomic E-state index is -0.225. The molecule has 0 saturated heterocycles. The summed E-state index contributed by atoms with van der Waals surface area (Å²) in [5.41, 5.74) is 6.69. The Labute approximate surface area is 158 Å². The van der Waals surface area contributed by atoms with E-state index in [1.807, 2.05) is 55.4 Å². The average molecular weight is 350 g/mol. The molecule has 0 atom stereocenters. The number of nitrogens with zero attached hydrogens (tertiary/aromatic N) is 4. The summed E-state index contributed by atoms with van der Waals surface area (Å²) in [6.45, 7) is 0. The highest BCUT2D eigenvalue weighted by atomic mass is 14.8. The van der Waals surface area contributed by atoms with Crippen LogP contribution in [0.3, 0.4) is 0 Å². The zero-order valence-electron chi connectivity index (χ0n) is 14.8. The third kappa shape index (κ3) is 2.61. The van der Waals surface area contributed by atoms with Crippen molar-refractivity contribution in [3.63, 3.8) is 0 Å². The topological polar surface area (TPSA) is 51.6 Å². The second kappa shape index (κ2) is 6.40. The smallest absolute Gasteiger partial charge is 0.0930 e. The highest BCUT2D eigenvalue weighted by Crippen LogP contribution is 2.50. The fraction of sp³-hybridized carbons (Fsp3) is 0.130. The van der Waals surface area contributed by atoms with E-state index in [1.165, 1.54) is 22.3 Å². The van der Waals surface area contributed by atoms with E-state index in [2.05, 4.69) is 50.3 Å². The Bertz CT molecular complexity index is 989. The maximum absolute atomic E-state index is 4.69. The number of rotatable bonds is 4. The second-order valence-corrected chi connectivity index (χ2v) is 6.95. The monoisotopic (exact) mass is 350 g/mol. The molecule has 0 saturated carbocycles. The normalized spacial score (nSPS) is 13.8. The van der Waals surface area contributed by atoms with Gasteiger partial charge in [-0.05, 0) is 65.4 Å². The zero-order valence-corrected chi connectivity index (χ0v) is 14.8. The Balaban J connectivity index is 1.75. The van der Waals surface area contributed by atoms with Gasteiger partial charge in [0.1, 0.15) is 0 Å². The number of pyridine rings is 4. The van der Waals surface area contributed by atoms with Crippen molar-refractivity contribution in [1.82, 2.24) is 19.9 Å². The van der Waals surface area contributed by atoms with Crippen molar-refractivity contribution in [3.8, 4) is 11.4 Å². The molecule has 0 aliphatic heterocycles. The molecule has 0 aromatic carbocycles. The molecule has 0 unspecified atom stereocenters. The van der Waals surface area contributed by atoms with Gasteiger partial charge in [-0.1, -0.05) is 18.2 Å². The zero-order chi connectivity index (χ0) is 18.1. The van der Waals surface area contributed by atoms with Gasteiger partial charge >= 0.3 is 0 Å². The molecule has 4 aromatic rings. The molecule has 0 amide bonds. The maximum atomic E-state index is 4.69. The summed E-state index contributed by atoms with van der Waals surface area (Å²) < 4.78 is 0. The summed E-state index contributed by atoms with van der Waals surface area (Å²) in [5, 5.41) is 0. The Morgan fingerprint density at radius 2 is 1.22 bits per heavy atom. The fourth-order valence-electron chi connectivity index (χ4n) is 4.25. The van der Waals surface area contributed by atoms with E-state index in [9.17, 15) is 0 Å². The molecule has 1 aliphatic carbocycles. The van der Waals surface area contributed by atoms with E-state index in [4.69, 9.17) is 0 Å². The molecule has 27 heavy (non-hydrogen) atoms. The standard InChI is InChI=1S/C23H18N4/c1-4-18(16-25-9-1)15-23(14-17-7-12-24-13-8-17)19-5-2-10-26-21(19)22-20(23)6-3-11-27-22/h1-13,16H,14-15H2. The quantitative estimate of drug-likeness (QED) is 0.558. The molecule has 0 fully saturated rings. The Morgan fingerprint density at radius 3 is 1.85 bits per heavy atom. The average Bonchev–Trinajstić information content (AvgIpc) is 3.00. The van der Waals surface area contributed by atoms with Gasteiger partial charge in [0.25, 0.3) is 0 Å². The minimum absolute atomic E-state index is 0.225. The molecule has 130 valence electrons. The van der Waals surface area contributed by atoms with Gasteiger partial charge in [0.15, 0.2) is 0 Å². The lowest BCUT2D eigenvalue weighted by atomic mass is 9.70. The van der Waals surface area contributed by atoms with Gasteiger partial charge < -0.3 is 0 Å². The number of hydrogen-bond donors (Lipinski definition) is 0. The largest absolute Gasteiger partial charge is 0.265 e. The summed E-state index contributed by atoms with van der Waals surface area (Å²) in [6.07, 6.45) is 12.9. The lowest BCUT2D eigenvalue weighted by Gasteiger charge is -2.32. The van der Waals surface area contributed by atoms with Crippen LogP contribution in [0.2, 0.25) is 0 Å². The van der Waals surface area contributed by atoms with Crippen molar-refractivity contribution in [1.29, 1.82) is 0 Å². The molecular formula is C23H18N4. The molecule has 4 heterocycles. The summed E-state index contributed by atoms with van der Waals surface area (Å²) in [7, 11) is 0. The second-order valence-electron chi connectivity index (χ2n) is 6.95. The van der Waals surface area contributed by atoms with Crippen LogP contribution >= 0.6 is 0 Å². The molecule has 4 aromatic heterocycles. The molecular weight excluding hydrogens is 332 g/mol. The van der Waals surface area contributed by atoms with Crippen LogP contribution < -0.4 is 0 Å². The van der Waals surface area contributed by atoms with Gasteiger partial charge in [-0.2, -0.15) is 0 Å². The van der Waals surface area contributed by atoms with Crippen molar-refractivity contribution in [3.05, 3.63) is 108 Å². The first-order chi connectivity index (χ1) is 13.4. The first kappa shape index (κ1) is 15.8. The van der Waals surface area contributed by atoms with Crippen molar-refractivity contribution in [2.45, 2.75) is 18.3 Å². The molecule has 0 spiro atoms. The van der Waals surface area contributed by atoms with Gasteiger partial charge in [0.2, 0.25) is 0 Å². The molecule has 4 nitrogen and oxygen atoms in total. The summed E-state index contributed by atoms with van der Waals surface area (Å²) in [5.74, 6) is 0. The molecule has 5 rings (SSSR count). The van der Waals surface area contributed by atoms with Crippen LogP contribution in [0, 0.1) is 0 Å². The summed E-state index contributed by atoms with van der Waals surface area (Å²) in [4.78, 5) is 17.9. The van der Waals surface area contributed by atoms with Gasteiger partial charge in [-0.3, -0.25) is 19.9 Å². The van der Waals surface area contributed by atoms with Crippen molar-refractivity contribution in [2.75, 3.05) is 0 Å². The molecule has 0 bridgehead atoms. The third-order valence-corrected chi connectivity index (χ3v) is 5.35. The van der Waals surface area contributed by atoms with Gasteiger partial charge in [0, 0.05) is 42.6 Å².